The maximum atomic E-state index is 12.6. The molecule has 1 aromatic rings. The van der Waals surface area contributed by atoms with Gasteiger partial charge in [0.1, 0.15) is 5.75 Å². The van der Waals surface area contributed by atoms with Crippen LogP contribution in [0.3, 0.4) is 0 Å². The first-order valence-electron chi connectivity index (χ1n) is 8.48. The average Bonchev–Trinajstić information content (AvgIpc) is 3.15. The number of benzene rings is 1. The van der Waals surface area contributed by atoms with E-state index in [2.05, 4.69) is 5.32 Å². The van der Waals surface area contributed by atoms with Crippen LogP contribution in [0.25, 0.3) is 0 Å². The Labute approximate surface area is 142 Å². The fourth-order valence-electron chi connectivity index (χ4n) is 3.36. The summed E-state index contributed by atoms with van der Waals surface area (Å²) in [5.74, 6) is 1.17. The molecular formula is C18H24ClNO3. The lowest BCUT2D eigenvalue weighted by molar-refractivity contribution is -0.131. The Morgan fingerprint density at radius 2 is 1.96 bits per heavy atom. The van der Waals surface area contributed by atoms with Gasteiger partial charge >= 0.3 is 0 Å². The van der Waals surface area contributed by atoms with Gasteiger partial charge in [-0.25, -0.2) is 0 Å². The molecule has 2 fully saturated rings. The zero-order valence-electron chi connectivity index (χ0n) is 13.3. The van der Waals surface area contributed by atoms with Gasteiger partial charge in [-0.3, -0.25) is 4.79 Å². The number of nitrogens with one attached hydrogen (secondary N) is 1. The Bertz CT molecular complexity index is 536. The van der Waals surface area contributed by atoms with Gasteiger partial charge in [-0.05, 0) is 36.6 Å². The Kier molecular flexibility index (Phi) is 5.12. The van der Waals surface area contributed by atoms with Crippen molar-refractivity contribution in [2.45, 2.75) is 56.6 Å². The molecule has 0 radical (unpaired) electrons. The summed E-state index contributed by atoms with van der Waals surface area (Å²) >= 11 is 5.87. The number of rotatable bonds is 7. The standard InChI is InChI=1S/C18H24ClNO3/c19-14-5-7-16(8-6-14)23-18(9-10-18)17(22)20-15(12-21)11-13-3-1-2-4-13/h5-8,13,15,21H,1-4,9-12H2,(H,20,22). The first-order chi connectivity index (χ1) is 11.1. The van der Waals surface area contributed by atoms with E-state index >= 15 is 0 Å². The molecular weight excluding hydrogens is 314 g/mol. The highest BCUT2D eigenvalue weighted by Crippen LogP contribution is 2.41. The summed E-state index contributed by atoms with van der Waals surface area (Å²) in [4.78, 5) is 12.6. The van der Waals surface area contributed by atoms with Gasteiger partial charge in [-0.2, -0.15) is 0 Å². The van der Waals surface area contributed by atoms with Crippen molar-refractivity contribution in [1.29, 1.82) is 0 Å². The summed E-state index contributed by atoms with van der Waals surface area (Å²) in [7, 11) is 0. The summed E-state index contributed by atoms with van der Waals surface area (Å²) in [5.41, 5.74) is -0.767. The van der Waals surface area contributed by atoms with Gasteiger partial charge in [-0.15, -0.1) is 0 Å². The number of amides is 1. The van der Waals surface area contributed by atoms with E-state index in [4.69, 9.17) is 16.3 Å². The van der Waals surface area contributed by atoms with Crippen LogP contribution < -0.4 is 10.1 Å². The Morgan fingerprint density at radius 1 is 1.30 bits per heavy atom. The molecule has 23 heavy (non-hydrogen) atoms. The van der Waals surface area contributed by atoms with Crippen LogP contribution in [0.4, 0.5) is 0 Å². The first kappa shape index (κ1) is 16.6. The third-order valence-electron chi connectivity index (χ3n) is 4.89. The van der Waals surface area contributed by atoms with Gasteiger partial charge in [-0.1, -0.05) is 37.3 Å². The number of hydrogen-bond donors (Lipinski definition) is 2. The van der Waals surface area contributed by atoms with Crippen LogP contribution in [0.1, 0.15) is 44.9 Å². The van der Waals surface area contributed by atoms with Crippen molar-refractivity contribution in [1.82, 2.24) is 5.32 Å². The number of hydrogen-bond acceptors (Lipinski definition) is 3. The average molecular weight is 338 g/mol. The van der Waals surface area contributed by atoms with Crippen molar-refractivity contribution in [3.05, 3.63) is 29.3 Å². The topological polar surface area (TPSA) is 58.6 Å². The molecule has 0 aromatic heterocycles. The first-order valence-corrected chi connectivity index (χ1v) is 8.85. The molecule has 2 N–H and O–H groups in total. The van der Waals surface area contributed by atoms with E-state index in [0.29, 0.717) is 29.5 Å². The van der Waals surface area contributed by atoms with E-state index in [1.54, 1.807) is 24.3 Å². The predicted molar refractivity (Wildman–Crippen MR) is 89.6 cm³/mol. The van der Waals surface area contributed by atoms with Crippen molar-refractivity contribution >= 4 is 17.5 Å². The molecule has 1 aromatic carbocycles. The highest BCUT2D eigenvalue weighted by Gasteiger charge is 2.53. The number of aliphatic hydroxyl groups is 1. The number of halogens is 1. The minimum absolute atomic E-state index is 0.0146. The van der Waals surface area contributed by atoms with Crippen LogP contribution in [0, 0.1) is 5.92 Å². The van der Waals surface area contributed by atoms with Crippen molar-refractivity contribution < 1.29 is 14.6 Å². The van der Waals surface area contributed by atoms with Gasteiger partial charge < -0.3 is 15.2 Å². The fraction of sp³-hybridized carbons (Fsp3) is 0.611. The molecule has 0 aliphatic heterocycles. The molecule has 0 bridgehead atoms. The Balaban J connectivity index is 1.56. The minimum atomic E-state index is -0.767. The minimum Gasteiger partial charge on any atom is -0.477 e. The summed E-state index contributed by atoms with van der Waals surface area (Å²) in [6, 6.07) is 6.88. The monoisotopic (exact) mass is 337 g/mol. The fourth-order valence-corrected chi connectivity index (χ4v) is 3.49. The molecule has 0 saturated heterocycles. The molecule has 2 aliphatic carbocycles. The summed E-state index contributed by atoms with van der Waals surface area (Å²) in [6.07, 6.45) is 7.23. The van der Waals surface area contributed by atoms with Gasteiger partial charge in [0.05, 0.1) is 12.6 Å². The predicted octanol–water partition coefficient (Wildman–Crippen LogP) is 3.31. The van der Waals surface area contributed by atoms with Crippen LogP contribution in [-0.2, 0) is 4.79 Å². The molecule has 1 unspecified atom stereocenters. The van der Waals surface area contributed by atoms with E-state index in [1.807, 2.05) is 0 Å². The number of ether oxygens (including phenoxy) is 1. The maximum absolute atomic E-state index is 12.6. The van der Waals surface area contributed by atoms with Crippen LogP contribution in [0.2, 0.25) is 5.02 Å². The second-order valence-corrected chi connectivity index (χ2v) is 7.23. The van der Waals surface area contributed by atoms with Crippen molar-refractivity contribution in [2.24, 2.45) is 5.92 Å². The second kappa shape index (κ2) is 7.10. The molecule has 0 spiro atoms. The third-order valence-corrected chi connectivity index (χ3v) is 5.14. The van der Waals surface area contributed by atoms with Crippen LogP contribution in [0.5, 0.6) is 5.75 Å². The lowest BCUT2D eigenvalue weighted by atomic mass is 9.98. The number of aliphatic hydroxyl groups excluding tert-OH is 1. The summed E-state index contributed by atoms with van der Waals surface area (Å²) in [6.45, 7) is -0.0146. The van der Waals surface area contributed by atoms with Crippen LogP contribution in [0.15, 0.2) is 24.3 Å². The van der Waals surface area contributed by atoms with Gasteiger partial charge in [0.25, 0.3) is 5.91 Å². The highest BCUT2D eigenvalue weighted by molar-refractivity contribution is 6.30. The molecule has 0 heterocycles. The van der Waals surface area contributed by atoms with Crippen molar-refractivity contribution in [3.8, 4) is 5.75 Å². The smallest absolute Gasteiger partial charge is 0.264 e. The molecule has 2 aliphatic rings. The zero-order valence-corrected chi connectivity index (χ0v) is 14.0. The Hall–Kier alpha value is -1.26. The second-order valence-electron chi connectivity index (χ2n) is 6.79. The van der Waals surface area contributed by atoms with Crippen LogP contribution >= 0.6 is 11.6 Å². The Morgan fingerprint density at radius 3 is 2.52 bits per heavy atom. The molecule has 2 saturated carbocycles. The van der Waals surface area contributed by atoms with E-state index in [9.17, 15) is 9.90 Å². The normalized spacial score (nSPS) is 21.0. The van der Waals surface area contributed by atoms with E-state index in [-0.39, 0.29) is 18.6 Å². The molecule has 1 atom stereocenters. The molecule has 126 valence electrons. The zero-order chi connectivity index (χ0) is 16.3. The summed E-state index contributed by atoms with van der Waals surface area (Å²) < 4.78 is 5.89. The largest absolute Gasteiger partial charge is 0.477 e. The van der Waals surface area contributed by atoms with Gasteiger partial charge in [0.15, 0.2) is 5.60 Å². The molecule has 5 heteroatoms. The van der Waals surface area contributed by atoms with E-state index in [1.165, 1.54) is 25.7 Å². The number of carbonyl (C=O) groups is 1. The maximum Gasteiger partial charge on any atom is 0.264 e. The van der Waals surface area contributed by atoms with Crippen molar-refractivity contribution in [3.63, 3.8) is 0 Å². The van der Waals surface area contributed by atoms with Crippen LogP contribution in [-0.4, -0.2) is 29.3 Å². The van der Waals surface area contributed by atoms with E-state index < -0.39 is 5.60 Å². The highest BCUT2D eigenvalue weighted by atomic mass is 35.5. The lowest BCUT2D eigenvalue weighted by Gasteiger charge is -2.24. The quantitative estimate of drug-likeness (QED) is 0.802. The lowest BCUT2D eigenvalue weighted by Crippen LogP contribution is -2.47. The number of carbonyl (C=O) groups excluding carboxylic acids is 1. The van der Waals surface area contributed by atoms with Gasteiger partial charge in [0.2, 0.25) is 0 Å². The molecule has 4 nitrogen and oxygen atoms in total. The molecule has 3 rings (SSSR count). The van der Waals surface area contributed by atoms with Crippen molar-refractivity contribution in [2.75, 3.05) is 6.61 Å². The summed E-state index contributed by atoms with van der Waals surface area (Å²) in [5, 5.41) is 13.2. The third kappa shape index (κ3) is 4.18. The van der Waals surface area contributed by atoms with Gasteiger partial charge in [0, 0.05) is 17.9 Å². The van der Waals surface area contributed by atoms with E-state index in [0.717, 1.165) is 6.42 Å². The SMILES string of the molecule is O=C(NC(CO)CC1CCCC1)C1(Oc2ccc(Cl)cc2)CC1. The molecule has 1 amide bonds.